The zero-order valence-electron chi connectivity index (χ0n) is 6.32. The first kappa shape index (κ1) is 10.8. The Kier molecular flexibility index (Phi) is 5.90. The Morgan fingerprint density at radius 2 is 2.08 bits per heavy atom. The standard InChI is InChI=1S/C6H9NO4S/c8-4-1-2-6(9)7-3-5-12(10)11/h4-5H,1-3H2,(H,7,9). The van der Waals surface area contributed by atoms with E-state index in [2.05, 4.69) is 5.32 Å². The lowest BCUT2D eigenvalue weighted by Gasteiger charge is -1.96. The molecule has 0 bridgehead atoms. The van der Waals surface area contributed by atoms with Crippen molar-refractivity contribution in [3.63, 3.8) is 0 Å². The molecule has 0 aliphatic carbocycles. The van der Waals surface area contributed by atoms with Gasteiger partial charge in [0.2, 0.25) is 16.2 Å². The van der Waals surface area contributed by atoms with Gasteiger partial charge in [-0.25, -0.2) is 0 Å². The fourth-order valence-corrected chi connectivity index (χ4v) is 0.721. The number of nitrogens with one attached hydrogen (secondary N) is 1. The van der Waals surface area contributed by atoms with Crippen molar-refractivity contribution < 1.29 is 18.0 Å². The van der Waals surface area contributed by atoms with Crippen molar-refractivity contribution in [2.45, 2.75) is 12.8 Å². The van der Waals surface area contributed by atoms with Gasteiger partial charge < -0.3 is 10.1 Å². The predicted octanol–water partition coefficient (Wildman–Crippen LogP) is -1.24. The number of aldehydes is 1. The molecule has 68 valence electrons. The van der Waals surface area contributed by atoms with Crippen LogP contribution in [0.5, 0.6) is 0 Å². The molecule has 0 atom stereocenters. The van der Waals surface area contributed by atoms with Crippen molar-refractivity contribution in [1.82, 2.24) is 5.32 Å². The highest BCUT2D eigenvalue weighted by Gasteiger charge is 1.96. The summed E-state index contributed by atoms with van der Waals surface area (Å²) in [7, 11) is -2.25. The van der Waals surface area contributed by atoms with Crippen LogP contribution >= 0.6 is 0 Å². The molecular formula is C6H9NO4S. The topological polar surface area (TPSA) is 80.3 Å². The molecule has 1 N–H and O–H groups in total. The van der Waals surface area contributed by atoms with E-state index >= 15 is 0 Å². The number of rotatable bonds is 5. The van der Waals surface area contributed by atoms with Crippen LogP contribution in [0.2, 0.25) is 0 Å². The molecule has 0 saturated carbocycles. The lowest BCUT2D eigenvalue weighted by atomic mass is 10.3. The summed E-state index contributed by atoms with van der Waals surface area (Å²) in [6.07, 6.45) is 0.893. The highest BCUT2D eigenvalue weighted by atomic mass is 32.2. The van der Waals surface area contributed by atoms with Crippen LogP contribution in [0.1, 0.15) is 12.8 Å². The lowest BCUT2D eigenvalue weighted by Crippen LogP contribution is -2.24. The Balaban J connectivity index is 3.57. The van der Waals surface area contributed by atoms with Crippen molar-refractivity contribution in [3.8, 4) is 0 Å². The molecule has 0 radical (unpaired) electrons. The molecule has 0 aliphatic heterocycles. The summed E-state index contributed by atoms with van der Waals surface area (Å²) in [6.45, 7) is -0.0200. The van der Waals surface area contributed by atoms with Gasteiger partial charge in [-0.15, -0.1) is 0 Å². The van der Waals surface area contributed by atoms with E-state index in [0.717, 1.165) is 5.37 Å². The molecule has 0 heterocycles. The molecule has 6 heteroatoms. The molecular weight excluding hydrogens is 182 g/mol. The quantitative estimate of drug-likeness (QED) is 0.435. The molecule has 0 rings (SSSR count). The average molecular weight is 191 g/mol. The number of amides is 1. The van der Waals surface area contributed by atoms with Gasteiger partial charge in [0.25, 0.3) is 0 Å². The number of hydrogen-bond acceptors (Lipinski definition) is 4. The number of hydrogen-bond donors (Lipinski definition) is 1. The van der Waals surface area contributed by atoms with E-state index in [9.17, 15) is 18.0 Å². The summed E-state index contributed by atoms with van der Waals surface area (Å²) in [5, 5.41) is 3.23. The Bertz CT molecular complexity index is 272. The first-order valence-electron chi connectivity index (χ1n) is 3.28. The zero-order valence-corrected chi connectivity index (χ0v) is 7.13. The lowest BCUT2D eigenvalue weighted by molar-refractivity contribution is -0.122. The van der Waals surface area contributed by atoms with Crippen molar-refractivity contribution in [2.75, 3.05) is 6.54 Å². The molecule has 5 nitrogen and oxygen atoms in total. The van der Waals surface area contributed by atoms with Gasteiger partial charge in [-0.3, -0.25) is 4.79 Å². The second kappa shape index (κ2) is 6.53. The zero-order chi connectivity index (χ0) is 9.40. The fraction of sp³-hybridized carbons (Fsp3) is 0.500. The van der Waals surface area contributed by atoms with Gasteiger partial charge in [-0.1, -0.05) is 0 Å². The molecule has 0 unspecified atom stereocenters. The molecule has 0 saturated heterocycles. The van der Waals surface area contributed by atoms with E-state index in [4.69, 9.17) is 0 Å². The summed E-state index contributed by atoms with van der Waals surface area (Å²) in [5.74, 6) is -0.330. The molecule has 0 fully saturated rings. The van der Waals surface area contributed by atoms with E-state index in [1.54, 1.807) is 0 Å². The van der Waals surface area contributed by atoms with Gasteiger partial charge >= 0.3 is 0 Å². The Hall–Kier alpha value is -1.17. The monoisotopic (exact) mass is 191 g/mol. The van der Waals surface area contributed by atoms with Crippen molar-refractivity contribution in [3.05, 3.63) is 0 Å². The largest absolute Gasteiger partial charge is 0.352 e. The maximum absolute atomic E-state index is 10.7. The second-order valence-corrected chi connectivity index (χ2v) is 2.79. The highest BCUT2D eigenvalue weighted by molar-refractivity contribution is 7.71. The summed E-state index contributed by atoms with van der Waals surface area (Å²) in [4.78, 5) is 20.5. The second-order valence-electron chi connectivity index (χ2n) is 1.94. The van der Waals surface area contributed by atoms with Crippen LogP contribution < -0.4 is 5.32 Å². The molecule has 1 amide bonds. The Morgan fingerprint density at radius 1 is 1.42 bits per heavy atom. The van der Waals surface area contributed by atoms with Gasteiger partial charge in [0, 0.05) is 12.8 Å². The van der Waals surface area contributed by atoms with Crippen LogP contribution in [0.4, 0.5) is 0 Å². The fourth-order valence-electron chi connectivity index (χ4n) is 0.502. The minimum Gasteiger partial charge on any atom is -0.352 e. The normalized spacial score (nSPS) is 8.67. The van der Waals surface area contributed by atoms with Crippen LogP contribution in [0.15, 0.2) is 0 Å². The van der Waals surface area contributed by atoms with Gasteiger partial charge in [-0.05, 0) is 0 Å². The van der Waals surface area contributed by atoms with Crippen molar-refractivity contribution in [1.29, 1.82) is 0 Å². The summed E-state index contributed by atoms with van der Waals surface area (Å²) in [6, 6.07) is 0. The third kappa shape index (κ3) is 6.94. The van der Waals surface area contributed by atoms with Crippen LogP contribution in [-0.4, -0.2) is 32.5 Å². The van der Waals surface area contributed by atoms with E-state index in [1.807, 2.05) is 0 Å². The first-order chi connectivity index (χ1) is 5.66. The van der Waals surface area contributed by atoms with Crippen LogP contribution in [-0.2, 0) is 19.9 Å². The summed E-state index contributed by atoms with van der Waals surface area (Å²) >= 11 is 0. The molecule has 0 aromatic carbocycles. The van der Waals surface area contributed by atoms with Gasteiger partial charge in [0.1, 0.15) is 6.29 Å². The van der Waals surface area contributed by atoms with Crippen molar-refractivity contribution in [2.24, 2.45) is 0 Å². The average Bonchev–Trinajstić information content (AvgIpc) is 2.00. The molecule has 0 spiro atoms. The summed E-state index contributed by atoms with van der Waals surface area (Å²) in [5.41, 5.74) is 0. The Morgan fingerprint density at radius 3 is 2.58 bits per heavy atom. The van der Waals surface area contributed by atoms with E-state index in [0.29, 0.717) is 6.29 Å². The summed E-state index contributed by atoms with van der Waals surface area (Å²) < 4.78 is 19.9. The first-order valence-corrected chi connectivity index (χ1v) is 4.42. The predicted molar refractivity (Wildman–Crippen MR) is 43.3 cm³/mol. The van der Waals surface area contributed by atoms with Crippen LogP contribution in [0, 0.1) is 0 Å². The number of carbonyl (C=O) groups excluding carboxylic acids is 2. The molecule has 12 heavy (non-hydrogen) atoms. The molecule has 0 aliphatic rings. The smallest absolute Gasteiger partial charge is 0.220 e. The van der Waals surface area contributed by atoms with Crippen LogP contribution in [0.25, 0.3) is 0 Å². The maximum atomic E-state index is 10.7. The minimum absolute atomic E-state index is 0.0200. The van der Waals surface area contributed by atoms with E-state index < -0.39 is 10.3 Å². The third-order valence-electron chi connectivity index (χ3n) is 1.01. The SMILES string of the molecule is O=CCCC(=O)NCC=S(=O)=O. The van der Waals surface area contributed by atoms with Gasteiger partial charge in [0.15, 0.2) is 0 Å². The van der Waals surface area contributed by atoms with E-state index in [-0.39, 0.29) is 25.3 Å². The number of carbonyl (C=O) groups is 2. The molecule has 0 aromatic rings. The third-order valence-corrected chi connectivity index (χ3v) is 1.45. The minimum atomic E-state index is -2.25. The highest BCUT2D eigenvalue weighted by Crippen LogP contribution is 1.82. The van der Waals surface area contributed by atoms with E-state index in [1.165, 1.54) is 0 Å². The van der Waals surface area contributed by atoms with Crippen LogP contribution in [0.3, 0.4) is 0 Å². The molecule has 0 aromatic heterocycles. The maximum Gasteiger partial charge on any atom is 0.220 e. The Labute approximate surface area is 71.3 Å². The van der Waals surface area contributed by atoms with Gasteiger partial charge in [-0.2, -0.15) is 8.42 Å². The van der Waals surface area contributed by atoms with Gasteiger partial charge in [0.05, 0.1) is 11.9 Å². The van der Waals surface area contributed by atoms with Crippen molar-refractivity contribution >= 4 is 27.9 Å².